The van der Waals surface area contributed by atoms with Crippen LogP contribution in [0.25, 0.3) is 0 Å². The summed E-state index contributed by atoms with van der Waals surface area (Å²) in [5.74, 6) is 1.31. The Labute approximate surface area is 130 Å². The first kappa shape index (κ1) is 13.8. The fourth-order valence-electron chi connectivity index (χ4n) is 4.27. The molecule has 0 amide bonds. The van der Waals surface area contributed by atoms with Crippen LogP contribution in [0.5, 0.6) is 5.75 Å². The predicted molar refractivity (Wildman–Crippen MR) is 84.7 cm³/mol. The zero-order valence-electron chi connectivity index (χ0n) is 13.1. The highest BCUT2D eigenvalue weighted by atomic mass is 16.5. The van der Waals surface area contributed by atoms with Gasteiger partial charge in [-0.3, -0.25) is 0 Å². The summed E-state index contributed by atoms with van der Waals surface area (Å²) in [6.45, 7) is 0. The van der Waals surface area contributed by atoms with Crippen LogP contribution in [0.4, 0.5) is 0 Å². The topological polar surface area (TPSA) is 27.7 Å². The van der Waals surface area contributed by atoms with Gasteiger partial charge in [0, 0.05) is 26.1 Å². The van der Waals surface area contributed by atoms with Crippen LogP contribution < -0.4 is 4.74 Å². The maximum Gasteiger partial charge on any atom is 0.119 e. The highest BCUT2D eigenvalue weighted by molar-refractivity contribution is 5.59. The van der Waals surface area contributed by atoms with E-state index >= 15 is 0 Å². The van der Waals surface area contributed by atoms with Gasteiger partial charge in [0.1, 0.15) is 5.75 Å². The number of hydrogen-bond donors (Lipinski definition) is 0. The van der Waals surface area contributed by atoms with E-state index in [1.165, 1.54) is 22.3 Å². The Morgan fingerprint density at radius 3 is 1.77 bits per heavy atom. The van der Waals surface area contributed by atoms with Crippen LogP contribution in [0.3, 0.4) is 0 Å². The van der Waals surface area contributed by atoms with Crippen LogP contribution in [0, 0.1) is 0 Å². The number of ether oxygens (including phenoxy) is 3. The van der Waals surface area contributed by atoms with E-state index in [1.807, 2.05) is 6.07 Å². The molecule has 0 unspecified atom stereocenters. The fraction of sp³-hybridized carbons (Fsp3) is 0.368. The smallest absolute Gasteiger partial charge is 0.119 e. The summed E-state index contributed by atoms with van der Waals surface area (Å²) in [6.07, 6.45) is 0.0790. The van der Waals surface area contributed by atoms with Crippen LogP contribution in [-0.2, 0) is 9.47 Å². The molecule has 5 rings (SSSR count). The van der Waals surface area contributed by atoms with Gasteiger partial charge in [-0.2, -0.15) is 0 Å². The van der Waals surface area contributed by atoms with Crippen LogP contribution in [-0.4, -0.2) is 33.5 Å². The number of fused-ring (bicyclic) bond motifs is 1. The van der Waals surface area contributed by atoms with Crippen LogP contribution in [0.1, 0.15) is 34.1 Å². The zero-order valence-corrected chi connectivity index (χ0v) is 13.1. The summed E-state index contributed by atoms with van der Waals surface area (Å²) in [4.78, 5) is 0. The number of hydrogen-bond acceptors (Lipinski definition) is 3. The van der Waals surface area contributed by atoms with E-state index in [9.17, 15) is 0 Å². The minimum absolute atomic E-state index is 0.0320. The van der Waals surface area contributed by atoms with Gasteiger partial charge >= 0.3 is 0 Å². The number of methoxy groups -OCH3 is 3. The van der Waals surface area contributed by atoms with E-state index in [0.717, 1.165) is 5.75 Å². The van der Waals surface area contributed by atoms with Crippen molar-refractivity contribution in [3.8, 4) is 5.75 Å². The average Bonchev–Trinajstić information content (AvgIpc) is 2.60. The lowest BCUT2D eigenvalue weighted by Crippen LogP contribution is -2.49. The first-order valence-corrected chi connectivity index (χ1v) is 7.62. The van der Waals surface area contributed by atoms with Gasteiger partial charge < -0.3 is 14.2 Å². The maximum atomic E-state index is 5.85. The monoisotopic (exact) mass is 296 g/mol. The first-order valence-electron chi connectivity index (χ1n) is 7.62. The standard InChI is InChI=1S/C19H20O3/c1-20-11-8-9-14-15(10-11)17-13-7-5-4-6-12(13)16(14)18(21-2)19(17)22-3/h4-10,16-19H,1-3H3/t16-,17+,18+,19+/m1/s1. The van der Waals surface area contributed by atoms with Crippen LogP contribution in [0.2, 0.25) is 0 Å². The molecule has 0 aliphatic heterocycles. The fourth-order valence-corrected chi connectivity index (χ4v) is 4.27. The molecule has 0 saturated carbocycles. The van der Waals surface area contributed by atoms with Crippen molar-refractivity contribution in [3.63, 3.8) is 0 Å². The molecule has 0 saturated heterocycles. The molecule has 0 radical (unpaired) electrons. The summed E-state index contributed by atoms with van der Waals surface area (Å²) in [5, 5.41) is 0. The van der Waals surface area contributed by atoms with E-state index in [0.29, 0.717) is 0 Å². The molecule has 2 bridgehead atoms. The Balaban J connectivity index is 1.98. The quantitative estimate of drug-likeness (QED) is 0.869. The molecule has 2 aromatic rings. The molecule has 114 valence electrons. The van der Waals surface area contributed by atoms with E-state index in [1.54, 1.807) is 21.3 Å². The van der Waals surface area contributed by atoms with Gasteiger partial charge in [0.25, 0.3) is 0 Å². The third-order valence-corrected chi connectivity index (χ3v) is 5.16. The third-order valence-electron chi connectivity index (χ3n) is 5.16. The van der Waals surface area contributed by atoms with Crippen LogP contribution in [0.15, 0.2) is 42.5 Å². The van der Waals surface area contributed by atoms with Crippen molar-refractivity contribution >= 4 is 0 Å². The highest BCUT2D eigenvalue weighted by Gasteiger charge is 2.50. The molecule has 3 aliphatic carbocycles. The Morgan fingerprint density at radius 1 is 0.682 bits per heavy atom. The highest BCUT2D eigenvalue weighted by Crippen LogP contribution is 2.54. The lowest BCUT2D eigenvalue weighted by molar-refractivity contribution is -0.0637. The molecule has 0 aromatic heterocycles. The molecule has 3 heteroatoms. The molecule has 2 aromatic carbocycles. The van der Waals surface area contributed by atoms with Crippen molar-refractivity contribution < 1.29 is 14.2 Å². The van der Waals surface area contributed by atoms with Gasteiger partial charge in [-0.15, -0.1) is 0 Å². The molecule has 0 fully saturated rings. The largest absolute Gasteiger partial charge is 0.497 e. The Kier molecular flexibility index (Phi) is 3.21. The molecule has 0 spiro atoms. The van der Waals surface area contributed by atoms with E-state index in [-0.39, 0.29) is 24.0 Å². The van der Waals surface area contributed by atoms with E-state index in [4.69, 9.17) is 14.2 Å². The second kappa shape index (κ2) is 5.11. The summed E-state index contributed by atoms with van der Waals surface area (Å²) in [7, 11) is 5.27. The minimum atomic E-state index is 0.0320. The maximum absolute atomic E-state index is 5.85. The predicted octanol–water partition coefficient (Wildman–Crippen LogP) is 3.32. The normalized spacial score (nSPS) is 28.1. The Hall–Kier alpha value is -1.84. The molecule has 0 heterocycles. The molecule has 0 N–H and O–H groups in total. The molecule has 22 heavy (non-hydrogen) atoms. The first-order chi connectivity index (χ1) is 10.8. The molecular formula is C19H20O3. The van der Waals surface area contributed by atoms with Crippen molar-refractivity contribution in [3.05, 3.63) is 64.7 Å². The molecular weight excluding hydrogens is 276 g/mol. The molecule has 3 aliphatic rings. The summed E-state index contributed by atoms with van der Waals surface area (Å²) in [6, 6.07) is 15.0. The number of benzene rings is 2. The second-order valence-corrected chi connectivity index (χ2v) is 5.98. The number of rotatable bonds is 3. The molecule has 3 nitrogen and oxygen atoms in total. The van der Waals surface area contributed by atoms with Crippen molar-refractivity contribution in [2.45, 2.75) is 24.0 Å². The van der Waals surface area contributed by atoms with Crippen molar-refractivity contribution in [1.82, 2.24) is 0 Å². The van der Waals surface area contributed by atoms with Gasteiger partial charge in [-0.05, 0) is 34.4 Å². The minimum Gasteiger partial charge on any atom is -0.497 e. The Bertz CT molecular complexity index is 710. The summed E-state index contributed by atoms with van der Waals surface area (Å²) < 4.78 is 17.1. The van der Waals surface area contributed by atoms with Crippen LogP contribution >= 0.6 is 0 Å². The molecule has 4 atom stereocenters. The SMILES string of the molecule is COc1ccc2c(c1)[C@@H]1c3ccccc3[C@H]2[C@H](OC)[C@H]1OC. The van der Waals surface area contributed by atoms with Gasteiger partial charge in [-0.25, -0.2) is 0 Å². The zero-order chi connectivity index (χ0) is 15.3. The average molecular weight is 296 g/mol. The van der Waals surface area contributed by atoms with Crippen molar-refractivity contribution in [1.29, 1.82) is 0 Å². The van der Waals surface area contributed by atoms with E-state index in [2.05, 4.69) is 36.4 Å². The van der Waals surface area contributed by atoms with E-state index < -0.39 is 0 Å². The third kappa shape index (κ3) is 1.70. The van der Waals surface area contributed by atoms with Gasteiger partial charge in [0.15, 0.2) is 0 Å². The Morgan fingerprint density at radius 2 is 1.23 bits per heavy atom. The van der Waals surface area contributed by atoms with Crippen molar-refractivity contribution in [2.75, 3.05) is 21.3 Å². The lowest BCUT2D eigenvalue weighted by atomic mass is 9.61. The summed E-state index contributed by atoms with van der Waals surface area (Å²) >= 11 is 0. The lowest BCUT2D eigenvalue weighted by Gasteiger charge is -2.49. The van der Waals surface area contributed by atoms with Gasteiger partial charge in [-0.1, -0.05) is 30.3 Å². The summed E-state index contributed by atoms with van der Waals surface area (Å²) in [5.41, 5.74) is 5.37. The second-order valence-electron chi connectivity index (χ2n) is 5.98. The van der Waals surface area contributed by atoms with Crippen molar-refractivity contribution in [2.24, 2.45) is 0 Å². The van der Waals surface area contributed by atoms with Gasteiger partial charge in [0.05, 0.1) is 19.3 Å². The van der Waals surface area contributed by atoms with Gasteiger partial charge in [0.2, 0.25) is 0 Å².